The lowest BCUT2D eigenvalue weighted by Crippen LogP contribution is -2.45. The minimum atomic E-state index is -0.635. The number of hydrogen-bond donors (Lipinski definition) is 1. The maximum absolute atomic E-state index is 10.5. The predicted octanol–water partition coefficient (Wildman–Crippen LogP) is 0.703. The third kappa shape index (κ3) is 2.98. The zero-order valence-electron chi connectivity index (χ0n) is 11.7. The Morgan fingerprint density at radius 2 is 2.25 bits per heavy atom. The summed E-state index contributed by atoms with van der Waals surface area (Å²) < 4.78 is 7.21. The van der Waals surface area contributed by atoms with Gasteiger partial charge < -0.3 is 9.84 Å². The number of aromatic nitrogens is 3. The van der Waals surface area contributed by atoms with Gasteiger partial charge in [-0.2, -0.15) is 0 Å². The molecule has 1 fully saturated rings. The first-order chi connectivity index (χ1) is 9.65. The Morgan fingerprint density at radius 3 is 3.00 bits per heavy atom. The van der Waals surface area contributed by atoms with Crippen molar-refractivity contribution >= 4 is 5.78 Å². The van der Waals surface area contributed by atoms with E-state index >= 15 is 0 Å². The summed E-state index contributed by atoms with van der Waals surface area (Å²) >= 11 is 0. The standard InChI is InChI=1S/C14H20N4O2/c1-17(11-14(19)3-7-20-8-4-14)9-12-10-18-6-2-5-15-13(18)16-12/h2,5-6,10,19H,3-4,7-9,11H2,1H3. The molecule has 108 valence electrons. The molecule has 0 atom stereocenters. The van der Waals surface area contributed by atoms with E-state index in [1.54, 1.807) is 6.20 Å². The molecule has 20 heavy (non-hydrogen) atoms. The first kappa shape index (κ1) is 13.5. The summed E-state index contributed by atoms with van der Waals surface area (Å²) in [6.45, 7) is 2.62. The molecule has 0 aliphatic carbocycles. The van der Waals surface area contributed by atoms with Gasteiger partial charge in [-0.3, -0.25) is 9.30 Å². The predicted molar refractivity (Wildman–Crippen MR) is 74.3 cm³/mol. The first-order valence-corrected chi connectivity index (χ1v) is 6.92. The molecule has 2 aromatic rings. The van der Waals surface area contributed by atoms with Crippen LogP contribution in [0.3, 0.4) is 0 Å². The molecule has 2 aromatic heterocycles. The number of nitrogens with zero attached hydrogens (tertiary/aromatic N) is 4. The van der Waals surface area contributed by atoms with E-state index in [2.05, 4.69) is 14.9 Å². The third-order valence-corrected chi connectivity index (χ3v) is 3.71. The van der Waals surface area contributed by atoms with Crippen LogP contribution in [0, 0.1) is 0 Å². The van der Waals surface area contributed by atoms with Gasteiger partial charge in [0.05, 0.1) is 11.3 Å². The van der Waals surface area contributed by atoms with Gasteiger partial charge in [-0.15, -0.1) is 0 Å². The Bertz CT molecular complexity index is 544. The lowest BCUT2D eigenvalue weighted by Gasteiger charge is -2.35. The molecule has 0 amide bonds. The van der Waals surface area contributed by atoms with Gasteiger partial charge >= 0.3 is 0 Å². The van der Waals surface area contributed by atoms with Gasteiger partial charge in [0.1, 0.15) is 0 Å². The highest BCUT2D eigenvalue weighted by atomic mass is 16.5. The van der Waals surface area contributed by atoms with Crippen molar-refractivity contribution < 1.29 is 9.84 Å². The van der Waals surface area contributed by atoms with Crippen LogP contribution in [-0.4, -0.2) is 56.8 Å². The van der Waals surface area contributed by atoms with Gasteiger partial charge in [-0.25, -0.2) is 9.97 Å². The number of fused-ring (bicyclic) bond motifs is 1. The molecule has 0 saturated carbocycles. The van der Waals surface area contributed by atoms with Crippen molar-refractivity contribution in [1.29, 1.82) is 0 Å². The molecular weight excluding hydrogens is 256 g/mol. The normalized spacial score (nSPS) is 18.8. The Kier molecular flexibility index (Phi) is 3.69. The molecule has 0 unspecified atom stereocenters. The molecule has 3 rings (SSSR count). The molecule has 1 N–H and O–H groups in total. The fourth-order valence-corrected chi connectivity index (χ4v) is 2.70. The largest absolute Gasteiger partial charge is 0.388 e. The van der Waals surface area contributed by atoms with Crippen LogP contribution in [0.15, 0.2) is 24.7 Å². The quantitative estimate of drug-likeness (QED) is 0.891. The number of ether oxygens (including phenoxy) is 1. The van der Waals surface area contributed by atoms with E-state index in [0.717, 1.165) is 5.69 Å². The minimum Gasteiger partial charge on any atom is -0.388 e. The van der Waals surface area contributed by atoms with Crippen LogP contribution in [0.1, 0.15) is 18.5 Å². The zero-order valence-corrected chi connectivity index (χ0v) is 11.7. The molecule has 3 heterocycles. The number of aliphatic hydroxyl groups is 1. The fourth-order valence-electron chi connectivity index (χ4n) is 2.70. The van der Waals surface area contributed by atoms with Crippen LogP contribution in [0.25, 0.3) is 5.78 Å². The second kappa shape index (κ2) is 5.47. The van der Waals surface area contributed by atoms with Crippen LogP contribution in [0.2, 0.25) is 0 Å². The molecule has 0 bridgehead atoms. The van der Waals surface area contributed by atoms with E-state index in [4.69, 9.17) is 4.74 Å². The Labute approximate surface area is 118 Å². The Hall–Kier alpha value is -1.50. The minimum absolute atomic E-state index is 0.635. The monoisotopic (exact) mass is 276 g/mol. The van der Waals surface area contributed by atoms with E-state index in [1.807, 2.05) is 29.9 Å². The highest BCUT2D eigenvalue weighted by Gasteiger charge is 2.31. The summed E-state index contributed by atoms with van der Waals surface area (Å²) in [5.74, 6) is 0.709. The summed E-state index contributed by atoms with van der Waals surface area (Å²) in [7, 11) is 2.00. The molecule has 1 aliphatic rings. The van der Waals surface area contributed by atoms with Crippen LogP contribution >= 0.6 is 0 Å². The average Bonchev–Trinajstić information content (AvgIpc) is 2.80. The number of likely N-dealkylation sites (N-methyl/N-ethyl adjacent to an activating group) is 1. The smallest absolute Gasteiger partial charge is 0.233 e. The van der Waals surface area contributed by atoms with Crippen molar-refractivity contribution in [2.75, 3.05) is 26.8 Å². The average molecular weight is 276 g/mol. The van der Waals surface area contributed by atoms with Crippen molar-refractivity contribution in [3.8, 4) is 0 Å². The van der Waals surface area contributed by atoms with E-state index < -0.39 is 5.60 Å². The SMILES string of the molecule is CN(Cc1cn2cccnc2n1)CC1(O)CCOCC1. The van der Waals surface area contributed by atoms with Gasteiger partial charge in [0.2, 0.25) is 5.78 Å². The Morgan fingerprint density at radius 1 is 1.45 bits per heavy atom. The van der Waals surface area contributed by atoms with Crippen LogP contribution in [0.4, 0.5) is 0 Å². The zero-order chi connectivity index (χ0) is 14.0. The molecule has 1 saturated heterocycles. The van der Waals surface area contributed by atoms with Crippen molar-refractivity contribution in [2.45, 2.75) is 25.0 Å². The number of hydrogen-bond acceptors (Lipinski definition) is 5. The Balaban J connectivity index is 1.64. The number of rotatable bonds is 4. The van der Waals surface area contributed by atoms with Gasteiger partial charge in [-0.05, 0) is 13.1 Å². The van der Waals surface area contributed by atoms with Crippen molar-refractivity contribution in [3.05, 3.63) is 30.4 Å². The molecule has 0 aromatic carbocycles. The molecule has 0 spiro atoms. The fraction of sp³-hybridized carbons (Fsp3) is 0.571. The van der Waals surface area contributed by atoms with E-state index in [-0.39, 0.29) is 0 Å². The van der Waals surface area contributed by atoms with Gasteiger partial charge in [-0.1, -0.05) is 0 Å². The van der Waals surface area contributed by atoms with Crippen molar-refractivity contribution in [2.24, 2.45) is 0 Å². The maximum Gasteiger partial charge on any atom is 0.233 e. The van der Waals surface area contributed by atoms with Gasteiger partial charge in [0, 0.05) is 57.7 Å². The summed E-state index contributed by atoms with van der Waals surface area (Å²) in [6.07, 6.45) is 7.05. The summed E-state index contributed by atoms with van der Waals surface area (Å²) in [5, 5.41) is 10.5. The van der Waals surface area contributed by atoms with Crippen molar-refractivity contribution in [3.63, 3.8) is 0 Å². The van der Waals surface area contributed by atoms with Gasteiger partial charge in [0.25, 0.3) is 0 Å². The second-order valence-electron chi connectivity index (χ2n) is 5.57. The highest BCUT2D eigenvalue weighted by Crippen LogP contribution is 2.21. The summed E-state index contributed by atoms with van der Waals surface area (Å²) in [6, 6.07) is 1.88. The van der Waals surface area contributed by atoms with Gasteiger partial charge in [0.15, 0.2) is 0 Å². The van der Waals surface area contributed by atoms with E-state index in [0.29, 0.717) is 44.9 Å². The van der Waals surface area contributed by atoms with E-state index in [9.17, 15) is 5.11 Å². The molecular formula is C14H20N4O2. The van der Waals surface area contributed by atoms with Crippen molar-refractivity contribution in [1.82, 2.24) is 19.3 Å². The lowest BCUT2D eigenvalue weighted by molar-refractivity contribution is -0.0778. The second-order valence-corrected chi connectivity index (χ2v) is 5.57. The molecule has 6 heteroatoms. The first-order valence-electron chi connectivity index (χ1n) is 6.92. The third-order valence-electron chi connectivity index (χ3n) is 3.71. The summed E-state index contributed by atoms with van der Waals surface area (Å²) in [5.41, 5.74) is 0.326. The topological polar surface area (TPSA) is 62.9 Å². The van der Waals surface area contributed by atoms with Crippen LogP contribution in [-0.2, 0) is 11.3 Å². The highest BCUT2D eigenvalue weighted by molar-refractivity contribution is 5.29. The van der Waals surface area contributed by atoms with E-state index in [1.165, 1.54) is 0 Å². The van der Waals surface area contributed by atoms with Crippen LogP contribution in [0.5, 0.6) is 0 Å². The van der Waals surface area contributed by atoms with Crippen LogP contribution < -0.4 is 0 Å². The number of imidazole rings is 1. The molecule has 1 aliphatic heterocycles. The molecule has 0 radical (unpaired) electrons. The maximum atomic E-state index is 10.5. The molecule has 6 nitrogen and oxygen atoms in total. The lowest BCUT2D eigenvalue weighted by atomic mass is 9.94. The summed E-state index contributed by atoms with van der Waals surface area (Å²) in [4.78, 5) is 10.8.